The molecule has 106 valence electrons. The highest BCUT2D eigenvalue weighted by Crippen LogP contribution is 2.30. The molecule has 0 atom stereocenters. The smallest absolute Gasteiger partial charge is 0.194 e. The zero-order valence-electron chi connectivity index (χ0n) is 11.7. The number of nitrogens with zero attached hydrogens (tertiary/aromatic N) is 3. The predicted molar refractivity (Wildman–Crippen MR) is 76.6 cm³/mol. The van der Waals surface area contributed by atoms with E-state index in [4.69, 9.17) is 0 Å². The fraction of sp³-hybridized carbons (Fsp3) is 0.533. The summed E-state index contributed by atoms with van der Waals surface area (Å²) in [6.07, 6.45) is 8.56. The molecule has 5 nitrogen and oxygen atoms in total. The van der Waals surface area contributed by atoms with Crippen LogP contribution in [0.15, 0.2) is 17.2 Å². The molecule has 0 unspecified atom stereocenters. The lowest BCUT2D eigenvalue weighted by atomic mass is 9.95. The van der Waals surface area contributed by atoms with Gasteiger partial charge in [0.05, 0.1) is 5.69 Å². The van der Waals surface area contributed by atoms with Crippen molar-refractivity contribution in [2.45, 2.75) is 51.4 Å². The zero-order chi connectivity index (χ0) is 14.1. The monoisotopic (exact) mass is 273 g/mol. The van der Waals surface area contributed by atoms with E-state index >= 15 is 0 Å². The van der Waals surface area contributed by atoms with Crippen molar-refractivity contribution in [1.82, 2.24) is 14.6 Å². The van der Waals surface area contributed by atoms with Gasteiger partial charge in [0.15, 0.2) is 11.1 Å². The van der Waals surface area contributed by atoms with Crippen LogP contribution in [-0.2, 0) is 0 Å². The van der Waals surface area contributed by atoms with E-state index in [0.29, 0.717) is 11.6 Å². The van der Waals surface area contributed by atoms with Crippen LogP contribution in [0.25, 0.3) is 11.4 Å². The molecule has 0 aliphatic heterocycles. The van der Waals surface area contributed by atoms with Crippen LogP contribution >= 0.6 is 0 Å². The Morgan fingerprint density at radius 2 is 2.00 bits per heavy atom. The average molecular weight is 273 g/mol. The van der Waals surface area contributed by atoms with Crippen molar-refractivity contribution in [3.8, 4) is 0 Å². The van der Waals surface area contributed by atoms with Crippen LogP contribution in [0.4, 0.5) is 0 Å². The third kappa shape index (κ3) is 2.17. The summed E-state index contributed by atoms with van der Waals surface area (Å²) in [6.45, 7) is 1.51. The minimum Gasteiger partial charge on any atom is -0.512 e. The molecule has 2 heterocycles. The number of aromatic nitrogens is 3. The summed E-state index contributed by atoms with van der Waals surface area (Å²) in [5, 5.41) is 14.2. The van der Waals surface area contributed by atoms with E-state index in [-0.39, 0.29) is 16.4 Å². The molecule has 1 fully saturated rings. The number of aliphatic hydroxyl groups excluding tert-OH is 1. The Balaban J connectivity index is 2.23. The van der Waals surface area contributed by atoms with Gasteiger partial charge < -0.3 is 5.11 Å². The molecule has 0 spiro atoms. The maximum atomic E-state index is 12.3. The zero-order valence-corrected chi connectivity index (χ0v) is 11.7. The topological polar surface area (TPSA) is 67.5 Å². The quantitative estimate of drug-likeness (QED) is 0.806. The molecular weight excluding hydrogens is 254 g/mol. The summed E-state index contributed by atoms with van der Waals surface area (Å²) in [4.78, 5) is 16.4. The first kappa shape index (κ1) is 13.1. The third-order valence-corrected chi connectivity index (χ3v) is 4.18. The normalized spacial score (nSPS) is 19.1. The van der Waals surface area contributed by atoms with Crippen molar-refractivity contribution in [2.24, 2.45) is 0 Å². The van der Waals surface area contributed by atoms with Gasteiger partial charge in [-0.2, -0.15) is 5.10 Å². The number of fused-ring (bicyclic) bond motifs is 1. The van der Waals surface area contributed by atoms with Gasteiger partial charge in [-0.15, -0.1) is 0 Å². The maximum absolute atomic E-state index is 12.3. The van der Waals surface area contributed by atoms with E-state index in [9.17, 15) is 9.90 Å². The van der Waals surface area contributed by atoms with E-state index < -0.39 is 0 Å². The summed E-state index contributed by atoms with van der Waals surface area (Å²) in [7, 11) is 0. The van der Waals surface area contributed by atoms with Gasteiger partial charge in [-0.3, -0.25) is 4.79 Å². The van der Waals surface area contributed by atoms with E-state index in [0.717, 1.165) is 18.5 Å². The summed E-state index contributed by atoms with van der Waals surface area (Å²) < 4.78 is 1.73. The van der Waals surface area contributed by atoms with Crippen LogP contribution in [0.1, 0.15) is 57.1 Å². The third-order valence-electron chi connectivity index (χ3n) is 4.18. The molecule has 3 rings (SSSR count). The molecular formula is C15H19N3O2. The number of aliphatic hydroxyl groups is 1. The Kier molecular flexibility index (Phi) is 3.42. The van der Waals surface area contributed by atoms with Crippen LogP contribution in [0, 0.1) is 0 Å². The standard InChI is InChI=1S/C15H19N3O2/c1-10(19)14-13(20)8-12(18-15(14)16-9-17-18)11-6-4-2-3-5-7-11/h8-9,11,19H,2-7H2,1H3. The summed E-state index contributed by atoms with van der Waals surface area (Å²) in [5.41, 5.74) is 1.25. The van der Waals surface area contributed by atoms with Crippen molar-refractivity contribution >= 4 is 11.4 Å². The van der Waals surface area contributed by atoms with Crippen LogP contribution < -0.4 is 10.6 Å². The molecule has 0 saturated heterocycles. The van der Waals surface area contributed by atoms with Gasteiger partial charge in [0.1, 0.15) is 17.3 Å². The number of rotatable bonds is 1. The average Bonchev–Trinajstić information content (AvgIpc) is 2.72. The van der Waals surface area contributed by atoms with Crippen molar-refractivity contribution in [2.75, 3.05) is 0 Å². The fourth-order valence-corrected chi connectivity index (χ4v) is 3.18. The predicted octanol–water partition coefficient (Wildman–Crippen LogP) is 1.93. The van der Waals surface area contributed by atoms with Crippen LogP contribution in [0.3, 0.4) is 0 Å². The Bertz CT molecular complexity index is 723. The van der Waals surface area contributed by atoms with E-state index in [1.54, 1.807) is 10.6 Å². The second kappa shape index (κ2) is 5.23. The first-order chi connectivity index (χ1) is 9.68. The lowest BCUT2D eigenvalue weighted by Gasteiger charge is -2.15. The minimum atomic E-state index is -0.162. The molecule has 1 aliphatic rings. The van der Waals surface area contributed by atoms with Gasteiger partial charge in [-0.05, 0) is 19.8 Å². The highest BCUT2D eigenvalue weighted by atomic mass is 16.3. The highest BCUT2D eigenvalue weighted by Gasteiger charge is 2.20. The van der Waals surface area contributed by atoms with E-state index in [1.165, 1.54) is 38.9 Å². The Morgan fingerprint density at radius 1 is 1.30 bits per heavy atom. The summed E-state index contributed by atoms with van der Waals surface area (Å²) in [5.74, 6) is 0.364. The van der Waals surface area contributed by atoms with Crippen molar-refractivity contribution in [1.29, 1.82) is 0 Å². The van der Waals surface area contributed by atoms with Crippen LogP contribution in [0.5, 0.6) is 0 Å². The maximum Gasteiger partial charge on any atom is 0.194 e. The molecule has 0 bridgehead atoms. The second-order valence-corrected chi connectivity index (χ2v) is 5.58. The lowest BCUT2D eigenvalue weighted by Crippen LogP contribution is -2.30. The highest BCUT2D eigenvalue weighted by molar-refractivity contribution is 5.49. The largest absolute Gasteiger partial charge is 0.512 e. The molecule has 0 radical (unpaired) electrons. The second-order valence-electron chi connectivity index (χ2n) is 5.58. The minimum absolute atomic E-state index is 0.000386. The first-order valence-corrected chi connectivity index (χ1v) is 7.25. The SMILES string of the molecule is CC(O)=c1c(=O)cc(C2CCCCCC2)n2ncnc12. The molecule has 1 saturated carbocycles. The number of hydrogen-bond acceptors (Lipinski definition) is 4. The van der Waals surface area contributed by atoms with Crippen LogP contribution in [-0.4, -0.2) is 19.7 Å². The molecule has 0 aromatic carbocycles. The van der Waals surface area contributed by atoms with E-state index in [2.05, 4.69) is 10.1 Å². The van der Waals surface area contributed by atoms with Gasteiger partial charge >= 0.3 is 0 Å². The summed E-state index contributed by atoms with van der Waals surface area (Å²) >= 11 is 0. The first-order valence-electron chi connectivity index (χ1n) is 7.25. The van der Waals surface area contributed by atoms with Gasteiger partial charge in [0.2, 0.25) is 0 Å². The Hall–Kier alpha value is -1.91. The van der Waals surface area contributed by atoms with Crippen molar-refractivity contribution < 1.29 is 5.11 Å². The van der Waals surface area contributed by atoms with Crippen molar-refractivity contribution in [3.05, 3.63) is 33.5 Å². The van der Waals surface area contributed by atoms with E-state index in [1.807, 2.05) is 0 Å². The van der Waals surface area contributed by atoms with Gasteiger partial charge in [-0.1, -0.05) is 25.7 Å². The van der Waals surface area contributed by atoms with Crippen LogP contribution in [0.2, 0.25) is 0 Å². The molecule has 5 heteroatoms. The summed E-state index contributed by atoms with van der Waals surface area (Å²) in [6, 6.07) is 1.63. The number of pyridine rings is 1. The molecule has 1 aliphatic carbocycles. The Labute approximate surface area is 117 Å². The molecule has 0 amide bonds. The molecule has 1 N–H and O–H groups in total. The molecule has 2 aromatic rings. The molecule has 20 heavy (non-hydrogen) atoms. The van der Waals surface area contributed by atoms with Gasteiger partial charge in [0, 0.05) is 12.0 Å². The Morgan fingerprint density at radius 3 is 2.65 bits per heavy atom. The lowest BCUT2D eigenvalue weighted by molar-refractivity contribution is 0.498. The fourth-order valence-electron chi connectivity index (χ4n) is 3.18. The van der Waals surface area contributed by atoms with Crippen molar-refractivity contribution in [3.63, 3.8) is 0 Å². The van der Waals surface area contributed by atoms with Gasteiger partial charge in [-0.25, -0.2) is 9.50 Å². The number of hydrogen-bond donors (Lipinski definition) is 1. The molecule has 2 aromatic heterocycles. The van der Waals surface area contributed by atoms with Gasteiger partial charge in [0.25, 0.3) is 0 Å².